The van der Waals surface area contributed by atoms with Gasteiger partial charge < -0.3 is 16.0 Å². The minimum Gasteiger partial charge on any atom is -0.366 e. The van der Waals surface area contributed by atoms with Crippen LogP contribution in [0.2, 0.25) is 0 Å². The molecule has 124 valence electrons. The van der Waals surface area contributed by atoms with Crippen molar-refractivity contribution in [3.63, 3.8) is 0 Å². The van der Waals surface area contributed by atoms with E-state index in [4.69, 9.17) is 5.73 Å². The molecule has 1 aromatic carbocycles. The molecule has 0 spiro atoms. The molecule has 1 heterocycles. The fraction of sp³-hybridized carbons (Fsp3) is 0.429. The maximum atomic E-state index is 12.3. The van der Waals surface area contributed by atoms with Crippen molar-refractivity contribution in [2.45, 2.75) is 17.9 Å². The minimum absolute atomic E-state index is 0.0581. The highest BCUT2D eigenvalue weighted by Crippen LogP contribution is 2.30. The van der Waals surface area contributed by atoms with Crippen molar-refractivity contribution < 1.29 is 14.5 Å². The highest BCUT2D eigenvalue weighted by atomic mass is 32.2. The summed E-state index contributed by atoms with van der Waals surface area (Å²) < 4.78 is 0. The van der Waals surface area contributed by atoms with Gasteiger partial charge in [0.1, 0.15) is 0 Å². The average Bonchev–Trinajstić information content (AvgIpc) is 2.52. The zero-order valence-corrected chi connectivity index (χ0v) is 13.5. The molecule has 0 unspecified atom stereocenters. The van der Waals surface area contributed by atoms with Crippen molar-refractivity contribution in [2.75, 3.05) is 25.4 Å². The fourth-order valence-corrected chi connectivity index (χ4v) is 3.26. The number of nitro groups is 1. The number of nitro benzene ring substituents is 1. The molecule has 1 aliphatic rings. The summed E-state index contributed by atoms with van der Waals surface area (Å²) >= 11 is 1.09. The van der Waals surface area contributed by atoms with Crippen molar-refractivity contribution in [3.05, 3.63) is 33.9 Å². The highest BCUT2D eigenvalue weighted by molar-refractivity contribution is 8.00. The van der Waals surface area contributed by atoms with E-state index < -0.39 is 10.8 Å². The molecule has 9 heteroatoms. The summed E-state index contributed by atoms with van der Waals surface area (Å²) in [5.41, 5.74) is 4.99. The lowest BCUT2D eigenvalue weighted by Crippen LogP contribution is -2.52. The first kappa shape index (κ1) is 17.2. The molecule has 1 saturated heterocycles. The van der Waals surface area contributed by atoms with Gasteiger partial charge in [0.15, 0.2) is 0 Å². The van der Waals surface area contributed by atoms with Crippen LogP contribution < -0.4 is 11.1 Å². The lowest BCUT2D eigenvalue weighted by Gasteiger charge is -2.33. The smallest absolute Gasteiger partial charge is 0.283 e. The standard InChI is InChI=1S/C14H18N4O4S/c1-9-7-16-4-5-17(9)13(19)8-23-12-3-2-10(14(15)20)6-11(12)18(21)22/h2-3,6,9,16H,4-5,7-8H2,1H3,(H2,15,20)/t9-/m1/s1. The van der Waals surface area contributed by atoms with Crippen LogP contribution in [0.5, 0.6) is 0 Å². The molecule has 0 radical (unpaired) electrons. The number of benzene rings is 1. The Kier molecular flexibility index (Phi) is 5.56. The van der Waals surface area contributed by atoms with Crippen LogP contribution in [-0.2, 0) is 4.79 Å². The van der Waals surface area contributed by atoms with Crippen LogP contribution in [0, 0.1) is 10.1 Å². The molecular formula is C14H18N4O4S. The molecule has 0 saturated carbocycles. The van der Waals surface area contributed by atoms with Gasteiger partial charge in [-0.05, 0) is 19.1 Å². The van der Waals surface area contributed by atoms with Crippen LogP contribution in [0.3, 0.4) is 0 Å². The highest BCUT2D eigenvalue weighted by Gasteiger charge is 2.24. The zero-order valence-electron chi connectivity index (χ0n) is 12.7. The number of carbonyl (C=O) groups is 2. The molecular weight excluding hydrogens is 320 g/mol. The van der Waals surface area contributed by atoms with Gasteiger partial charge >= 0.3 is 0 Å². The number of amides is 2. The average molecular weight is 338 g/mol. The van der Waals surface area contributed by atoms with Gasteiger partial charge in [0.05, 0.1) is 15.6 Å². The number of nitrogens with one attached hydrogen (secondary N) is 1. The van der Waals surface area contributed by atoms with Gasteiger partial charge in [-0.25, -0.2) is 0 Å². The Balaban J connectivity index is 2.09. The third-order valence-corrected chi connectivity index (χ3v) is 4.66. The Morgan fingerprint density at radius 2 is 2.26 bits per heavy atom. The molecule has 3 N–H and O–H groups in total. The first-order chi connectivity index (χ1) is 10.9. The van der Waals surface area contributed by atoms with E-state index in [2.05, 4.69) is 5.32 Å². The number of primary amides is 1. The molecule has 2 rings (SSSR count). The first-order valence-electron chi connectivity index (χ1n) is 7.11. The summed E-state index contributed by atoms with van der Waals surface area (Å²) in [6.07, 6.45) is 0. The molecule has 0 aromatic heterocycles. The van der Waals surface area contributed by atoms with Gasteiger partial charge in [0, 0.05) is 37.3 Å². The van der Waals surface area contributed by atoms with Crippen LogP contribution >= 0.6 is 11.8 Å². The Bertz CT molecular complexity index is 637. The van der Waals surface area contributed by atoms with Gasteiger partial charge in [-0.2, -0.15) is 0 Å². The lowest BCUT2D eigenvalue weighted by molar-refractivity contribution is -0.387. The summed E-state index contributed by atoms with van der Waals surface area (Å²) in [5, 5.41) is 14.3. The largest absolute Gasteiger partial charge is 0.366 e. The molecule has 0 bridgehead atoms. The SMILES string of the molecule is C[C@@H]1CNCCN1C(=O)CSc1ccc(C(N)=O)cc1[N+](=O)[O-]. The second kappa shape index (κ2) is 7.42. The Hall–Kier alpha value is -2.13. The van der Waals surface area contributed by atoms with Crippen molar-refractivity contribution in [1.82, 2.24) is 10.2 Å². The number of thioether (sulfide) groups is 1. The molecule has 1 atom stereocenters. The van der Waals surface area contributed by atoms with Crippen molar-refractivity contribution in [2.24, 2.45) is 5.73 Å². The van der Waals surface area contributed by atoms with Crippen molar-refractivity contribution in [3.8, 4) is 0 Å². The summed E-state index contributed by atoms with van der Waals surface area (Å²) in [4.78, 5) is 36.1. The van der Waals surface area contributed by atoms with E-state index in [0.717, 1.165) is 30.9 Å². The molecule has 1 aromatic rings. The molecule has 0 aliphatic carbocycles. The molecule has 2 amide bonds. The molecule has 1 aliphatic heterocycles. The van der Waals surface area contributed by atoms with Crippen molar-refractivity contribution >= 4 is 29.3 Å². The van der Waals surface area contributed by atoms with Crippen LogP contribution in [0.25, 0.3) is 0 Å². The first-order valence-corrected chi connectivity index (χ1v) is 8.10. The van der Waals surface area contributed by atoms with Crippen molar-refractivity contribution in [1.29, 1.82) is 0 Å². The quantitative estimate of drug-likeness (QED) is 0.461. The molecule has 1 fully saturated rings. The van der Waals surface area contributed by atoms with Gasteiger partial charge in [-0.15, -0.1) is 11.8 Å². The molecule has 8 nitrogen and oxygen atoms in total. The van der Waals surface area contributed by atoms with Gasteiger partial charge in [-0.1, -0.05) is 0 Å². The monoisotopic (exact) mass is 338 g/mol. The second-order valence-electron chi connectivity index (χ2n) is 5.23. The van der Waals surface area contributed by atoms with E-state index in [0.29, 0.717) is 11.4 Å². The predicted molar refractivity (Wildman–Crippen MR) is 86.4 cm³/mol. The summed E-state index contributed by atoms with van der Waals surface area (Å²) in [7, 11) is 0. The fourth-order valence-electron chi connectivity index (χ4n) is 2.37. The van der Waals surface area contributed by atoms with E-state index in [-0.39, 0.29) is 29.0 Å². The van der Waals surface area contributed by atoms with E-state index in [1.165, 1.54) is 12.1 Å². The normalized spacial score (nSPS) is 17.8. The van der Waals surface area contributed by atoms with Gasteiger partial charge in [-0.3, -0.25) is 19.7 Å². The van der Waals surface area contributed by atoms with Crippen LogP contribution in [0.1, 0.15) is 17.3 Å². The number of rotatable bonds is 5. The third-order valence-electron chi connectivity index (χ3n) is 3.61. The van der Waals surface area contributed by atoms with Gasteiger partial charge in [0.25, 0.3) is 5.69 Å². The predicted octanol–water partition coefficient (Wildman–Crippen LogP) is 0.606. The summed E-state index contributed by atoms with van der Waals surface area (Å²) in [6, 6.07) is 4.12. The maximum Gasteiger partial charge on any atom is 0.283 e. The topological polar surface area (TPSA) is 119 Å². The summed E-state index contributed by atoms with van der Waals surface area (Å²) in [6.45, 7) is 4.07. The number of carbonyl (C=O) groups excluding carboxylic acids is 2. The molecule has 23 heavy (non-hydrogen) atoms. The van der Waals surface area contributed by atoms with E-state index in [1.54, 1.807) is 4.90 Å². The van der Waals surface area contributed by atoms with Crippen LogP contribution in [0.15, 0.2) is 23.1 Å². The van der Waals surface area contributed by atoms with Crippen LogP contribution in [0.4, 0.5) is 5.69 Å². The van der Waals surface area contributed by atoms with Crippen LogP contribution in [-0.4, -0.2) is 53.1 Å². The Morgan fingerprint density at radius 3 is 2.87 bits per heavy atom. The zero-order chi connectivity index (χ0) is 17.0. The number of hydrogen-bond acceptors (Lipinski definition) is 6. The number of hydrogen-bond donors (Lipinski definition) is 2. The number of nitrogens with two attached hydrogens (primary N) is 1. The summed E-state index contributed by atoms with van der Waals surface area (Å²) in [5.74, 6) is -0.672. The number of piperazine rings is 1. The second-order valence-corrected chi connectivity index (χ2v) is 6.25. The maximum absolute atomic E-state index is 12.3. The van der Waals surface area contributed by atoms with Gasteiger partial charge in [0.2, 0.25) is 11.8 Å². The van der Waals surface area contributed by atoms with E-state index in [1.807, 2.05) is 6.92 Å². The minimum atomic E-state index is -0.727. The lowest BCUT2D eigenvalue weighted by atomic mass is 10.2. The number of nitrogens with zero attached hydrogens (tertiary/aromatic N) is 2. The third kappa shape index (κ3) is 4.20. The van der Waals surface area contributed by atoms with E-state index in [9.17, 15) is 19.7 Å². The Labute approximate surface area is 137 Å². The Morgan fingerprint density at radius 1 is 1.52 bits per heavy atom. The van der Waals surface area contributed by atoms with E-state index >= 15 is 0 Å².